The van der Waals surface area contributed by atoms with E-state index >= 15 is 0 Å². The van der Waals surface area contributed by atoms with Gasteiger partial charge in [-0.3, -0.25) is 4.79 Å². The molecule has 1 aromatic rings. The Morgan fingerprint density at radius 1 is 1.56 bits per heavy atom. The molecule has 2 heterocycles. The van der Waals surface area contributed by atoms with Gasteiger partial charge in [0.15, 0.2) is 11.5 Å². The number of aromatic nitrogens is 2. The molecule has 18 heavy (non-hydrogen) atoms. The van der Waals surface area contributed by atoms with E-state index in [2.05, 4.69) is 20.4 Å². The predicted octanol–water partition coefficient (Wildman–Crippen LogP) is 0.0113. The third-order valence-electron chi connectivity index (χ3n) is 3.29. The first-order chi connectivity index (χ1) is 8.74. The van der Waals surface area contributed by atoms with Crippen LogP contribution in [-0.4, -0.2) is 42.8 Å². The molecule has 1 aromatic heterocycles. The van der Waals surface area contributed by atoms with Crippen molar-refractivity contribution in [2.75, 3.05) is 31.6 Å². The summed E-state index contributed by atoms with van der Waals surface area (Å²) in [6, 6.07) is 3.56. The minimum atomic E-state index is -0.212. The number of anilines is 1. The molecule has 98 valence electrons. The molecular weight excluding hydrogens is 230 g/mol. The van der Waals surface area contributed by atoms with Gasteiger partial charge in [0, 0.05) is 20.1 Å². The zero-order valence-corrected chi connectivity index (χ0v) is 10.6. The van der Waals surface area contributed by atoms with Crippen LogP contribution in [0.15, 0.2) is 12.1 Å². The molecule has 6 nitrogen and oxygen atoms in total. The molecule has 0 bridgehead atoms. The van der Waals surface area contributed by atoms with Gasteiger partial charge < -0.3 is 16.0 Å². The summed E-state index contributed by atoms with van der Waals surface area (Å²) in [7, 11) is 1.58. The maximum atomic E-state index is 11.3. The molecule has 1 aliphatic heterocycles. The van der Waals surface area contributed by atoms with E-state index in [0.29, 0.717) is 11.6 Å². The summed E-state index contributed by atoms with van der Waals surface area (Å²) < 4.78 is 0. The van der Waals surface area contributed by atoms with Crippen LogP contribution in [0.25, 0.3) is 0 Å². The Balaban J connectivity index is 2.00. The van der Waals surface area contributed by atoms with Crippen molar-refractivity contribution in [1.82, 2.24) is 15.5 Å². The number of nitrogens with two attached hydrogens (primary N) is 1. The molecule has 1 aliphatic rings. The van der Waals surface area contributed by atoms with Gasteiger partial charge in [0.05, 0.1) is 0 Å². The largest absolute Gasteiger partial charge is 0.355 e. The maximum Gasteiger partial charge on any atom is 0.271 e. The number of amides is 1. The molecule has 1 saturated heterocycles. The second-order valence-electron chi connectivity index (χ2n) is 4.53. The normalized spacial score (nSPS) is 19.0. The zero-order chi connectivity index (χ0) is 13.0. The SMILES string of the molecule is CNC(=O)c1ccc(N2CCC(CCN)C2)nn1. The number of hydrogen-bond donors (Lipinski definition) is 2. The second-order valence-corrected chi connectivity index (χ2v) is 4.53. The zero-order valence-electron chi connectivity index (χ0n) is 10.6. The van der Waals surface area contributed by atoms with Gasteiger partial charge in [-0.1, -0.05) is 0 Å². The van der Waals surface area contributed by atoms with Crippen LogP contribution in [0.3, 0.4) is 0 Å². The fourth-order valence-corrected chi connectivity index (χ4v) is 2.26. The van der Waals surface area contributed by atoms with Crippen LogP contribution in [0, 0.1) is 5.92 Å². The second kappa shape index (κ2) is 5.77. The quantitative estimate of drug-likeness (QED) is 0.785. The minimum Gasteiger partial charge on any atom is -0.355 e. The predicted molar refractivity (Wildman–Crippen MR) is 69.4 cm³/mol. The fourth-order valence-electron chi connectivity index (χ4n) is 2.26. The van der Waals surface area contributed by atoms with E-state index in [1.165, 1.54) is 0 Å². The molecule has 6 heteroatoms. The lowest BCUT2D eigenvalue weighted by molar-refractivity contribution is 0.0957. The van der Waals surface area contributed by atoms with Crippen molar-refractivity contribution in [3.8, 4) is 0 Å². The van der Waals surface area contributed by atoms with Gasteiger partial charge in [-0.25, -0.2) is 0 Å². The average Bonchev–Trinajstić information content (AvgIpc) is 2.87. The third-order valence-corrected chi connectivity index (χ3v) is 3.29. The molecule has 1 fully saturated rings. The summed E-state index contributed by atoms with van der Waals surface area (Å²) in [6.07, 6.45) is 2.20. The molecule has 3 N–H and O–H groups in total. The van der Waals surface area contributed by atoms with Gasteiger partial charge in [-0.2, -0.15) is 0 Å². The van der Waals surface area contributed by atoms with Crippen molar-refractivity contribution >= 4 is 11.7 Å². The molecule has 0 saturated carbocycles. The Morgan fingerprint density at radius 2 is 2.39 bits per heavy atom. The average molecular weight is 249 g/mol. The van der Waals surface area contributed by atoms with Crippen LogP contribution < -0.4 is 16.0 Å². The van der Waals surface area contributed by atoms with Crippen molar-refractivity contribution in [1.29, 1.82) is 0 Å². The Hall–Kier alpha value is -1.69. The van der Waals surface area contributed by atoms with Crippen LogP contribution in [0.4, 0.5) is 5.82 Å². The first-order valence-corrected chi connectivity index (χ1v) is 6.25. The van der Waals surface area contributed by atoms with E-state index in [1.54, 1.807) is 13.1 Å². The van der Waals surface area contributed by atoms with Crippen LogP contribution >= 0.6 is 0 Å². The molecular formula is C12H19N5O. The van der Waals surface area contributed by atoms with Crippen molar-refractivity contribution in [2.45, 2.75) is 12.8 Å². The monoisotopic (exact) mass is 249 g/mol. The highest BCUT2D eigenvalue weighted by molar-refractivity contribution is 5.91. The number of nitrogens with one attached hydrogen (secondary N) is 1. The van der Waals surface area contributed by atoms with E-state index in [0.717, 1.165) is 38.3 Å². The van der Waals surface area contributed by atoms with E-state index in [4.69, 9.17) is 5.73 Å². The number of hydrogen-bond acceptors (Lipinski definition) is 5. The molecule has 0 radical (unpaired) electrons. The van der Waals surface area contributed by atoms with Crippen molar-refractivity contribution in [2.24, 2.45) is 11.7 Å². The third kappa shape index (κ3) is 2.76. The summed E-state index contributed by atoms with van der Waals surface area (Å²) in [5, 5.41) is 10.6. The van der Waals surface area contributed by atoms with E-state index in [1.807, 2.05) is 6.07 Å². The number of carbonyl (C=O) groups is 1. The summed E-state index contributed by atoms with van der Waals surface area (Å²) in [5.74, 6) is 1.27. The number of nitrogens with zero attached hydrogens (tertiary/aromatic N) is 3. The lowest BCUT2D eigenvalue weighted by atomic mass is 10.1. The molecule has 1 unspecified atom stereocenters. The Labute approximate surface area is 107 Å². The standard InChI is InChI=1S/C12H19N5O/c1-14-12(18)10-2-3-11(16-15-10)17-7-5-9(8-17)4-6-13/h2-3,9H,4-8,13H2,1H3,(H,14,18). The molecule has 0 aromatic carbocycles. The smallest absolute Gasteiger partial charge is 0.271 e. The van der Waals surface area contributed by atoms with Gasteiger partial charge in [0.1, 0.15) is 0 Å². The maximum absolute atomic E-state index is 11.3. The van der Waals surface area contributed by atoms with E-state index in [9.17, 15) is 4.79 Å². The highest BCUT2D eigenvalue weighted by Gasteiger charge is 2.23. The minimum absolute atomic E-state index is 0.212. The Morgan fingerprint density at radius 3 is 3.00 bits per heavy atom. The van der Waals surface area contributed by atoms with Crippen molar-refractivity contribution in [3.05, 3.63) is 17.8 Å². The topological polar surface area (TPSA) is 84.1 Å². The number of rotatable bonds is 4. The van der Waals surface area contributed by atoms with Gasteiger partial charge in [0.2, 0.25) is 0 Å². The lowest BCUT2D eigenvalue weighted by Gasteiger charge is -2.16. The molecule has 2 rings (SSSR count). The van der Waals surface area contributed by atoms with Crippen LogP contribution in [-0.2, 0) is 0 Å². The van der Waals surface area contributed by atoms with E-state index in [-0.39, 0.29) is 5.91 Å². The van der Waals surface area contributed by atoms with Gasteiger partial charge in [0.25, 0.3) is 5.91 Å². The first kappa shape index (κ1) is 12.8. The lowest BCUT2D eigenvalue weighted by Crippen LogP contribution is -2.23. The molecule has 0 spiro atoms. The van der Waals surface area contributed by atoms with Crippen molar-refractivity contribution < 1.29 is 4.79 Å². The molecule has 1 amide bonds. The van der Waals surface area contributed by atoms with Gasteiger partial charge in [-0.15, -0.1) is 10.2 Å². The van der Waals surface area contributed by atoms with E-state index < -0.39 is 0 Å². The summed E-state index contributed by atoms with van der Waals surface area (Å²) >= 11 is 0. The fraction of sp³-hybridized carbons (Fsp3) is 0.583. The molecule has 0 aliphatic carbocycles. The van der Waals surface area contributed by atoms with Crippen LogP contribution in [0.5, 0.6) is 0 Å². The van der Waals surface area contributed by atoms with Gasteiger partial charge >= 0.3 is 0 Å². The number of carbonyl (C=O) groups excluding carboxylic acids is 1. The van der Waals surface area contributed by atoms with Crippen molar-refractivity contribution in [3.63, 3.8) is 0 Å². The summed E-state index contributed by atoms with van der Waals surface area (Å²) in [5.41, 5.74) is 5.92. The molecule has 1 atom stereocenters. The highest BCUT2D eigenvalue weighted by Crippen LogP contribution is 2.23. The highest BCUT2D eigenvalue weighted by atomic mass is 16.1. The Kier molecular flexibility index (Phi) is 4.09. The van der Waals surface area contributed by atoms with Crippen LogP contribution in [0.2, 0.25) is 0 Å². The first-order valence-electron chi connectivity index (χ1n) is 6.25. The Bertz CT molecular complexity index is 405. The van der Waals surface area contributed by atoms with Gasteiger partial charge in [-0.05, 0) is 37.4 Å². The van der Waals surface area contributed by atoms with Crippen LogP contribution in [0.1, 0.15) is 23.3 Å². The summed E-state index contributed by atoms with van der Waals surface area (Å²) in [4.78, 5) is 13.5. The summed E-state index contributed by atoms with van der Waals surface area (Å²) in [6.45, 7) is 2.70.